The summed E-state index contributed by atoms with van der Waals surface area (Å²) in [5.74, 6) is -0.875. The lowest BCUT2D eigenvalue weighted by Crippen LogP contribution is -2.38. The smallest absolute Gasteiger partial charge is 0.335 e. The number of aliphatic hydroxyl groups is 1. The largest absolute Gasteiger partial charge is 0.478 e. The highest BCUT2D eigenvalue weighted by molar-refractivity contribution is 6.33. The van der Waals surface area contributed by atoms with Crippen LogP contribution >= 0.6 is 11.6 Å². The van der Waals surface area contributed by atoms with E-state index in [1.807, 2.05) is 4.90 Å². The summed E-state index contributed by atoms with van der Waals surface area (Å²) in [4.78, 5) is 25.5. The van der Waals surface area contributed by atoms with Crippen molar-refractivity contribution in [3.63, 3.8) is 0 Å². The number of aromatic nitrogens is 2. The van der Waals surface area contributed by atoms with E-state index >= 15 is 0 Å². The first kappa shape index (κ1) is 17.4. The molecule has 1 fully saturated rings. The van der Waals surface area contributed by atoms with Crippen LogP contribution < -0.4 is 10.5 Å². The van der Waals surface area contributed by atoms with Gasteiger partial charge in [0, 0.05) is 19.7 Å². The third-order valence-corrected chi connectivity index (χ3v) is 4.73. The molecule has 2 heterocycles. The van der Waals surface area contributed by atoms with Gasteiger partial charge < -0.3 is 15.1 Å². The molecule has 25 heavy (non-hydrogen) atoms. The Morgan fingerprint density at radius 1 is 1.32 bits per heavy atom. The molecule has 8 heteroatoms. The van der Waals surface area contributed by atoms with Gasteiger partial charge in [0.2, 0.25) is 0 Å². The fourth-order valence-corrected chi connectivity index (χ4v) is 3.25. The molecule has 7 nitrogen and oxygen atoms in total. The molecule has 0 aliphatic carbocycles. The summed E-state index contributed by atoms with van der Waals surface area (Å²) < 4.78 is 1.14. The quantitative estimate of drug-likeness (QED) is 0.859. The topological polar surface area (TPSA) is 95.7 Å². The molecular weight excluding hydrogens is 346 g/mol. The van der Waals surface area contributed by atoms with E-state index in [4.69, 9.17) is 16.7 Å². The van der Waals surface area contributed by atoms with Crippen LogP contribution in [0.3, 0.4) is 0 Å². The van der Waals surface area contributed by atoms with Crippen LogP contribution in [0.4, 0.5) is 5.69 Å². The van der Waals surface area contributed by atoms with Crippen molar-refractivity contribution in [3.8, 4) is 5.69 Å². The highest BCUT2D eigenvalue weighted by Gasteiger charge is 2.23. The normalized spacial score (nSPS) is 17.5. The molecule has 0 unspecified atom stereocenters. The van der Waals surface area contributed by atoms with Crippen molar-refractivity contribution in [2.75, 3.05) is 24.6 Å². The highest BCUT2D eigenvalue weighted by Crippen LogP contribution is 2.27. The molecule has 0 amide bonds. The van der Waals surface area contributed by atoms with Crippen LogP contribution in [0, 0.1) is 5.92 Å². The summed E-state index contributed by atoms with van der Waals surface area (Å²) in [6.07, 6.45) is 3.40. The fourth-order valence-electron chi connectivity index (χ4n) is 3.01. The molecule has 3 rings (SSSR count). The average molecular weight is 364 g/mol. The molecule has 2 N–H and O–H groups in total. The molecule has 1 saturated heterocycles. The molecule has 0 bridgehead atoms. The molecule has 0 saturated carbocycles. The molecule has 1 atom stereocenters. The van der Waals surface area contributed by atoms with Crippen molar-refractivity contribution in [2.45, 2.75) is 12.8 Å². The van der Waals surface area contributed by atoms with E-state index in [0.29, 0.717) is 17.9 Å². The number of hydrogen-bond donors (Lipinski definition) is 2. The maximum atomic E-state index is 12.6. The number of anilines is 1. The average Bonchev–Trinajstić information content (AvgIpc) is 2.64. The number of carboxylic acid groups (broad SMARTS) is 1. The Balaban J connectivity index is 1.92. The van der Waals surface area contributed by atoms with Gasteiger partial charge in [-0.3, -0.25) is 4.79 Å². The molecule has 0 radical (unpaired) electrons. The number of hydrogen-bond acceptors (Lipinski definition) is 5. The Bertz CT molecular complexity index is 835. The number of carbonyl (C=O) groups is 1. The first-order chi connectivity index (χ1) is 12.0. The summed E-state index contributed by atoms with van der Waals surface area (Å²) in [7, 11) is 0. The number of halogens is 1. The number of rotatable bonds is 4. The minimum Gasteiger partial charge on any atom is -0.478 e. The molecule has 2 aromatic rings. The van der Waals surface area contributed by atoms with Crippen molar-refractivity contribution in [1.29, 1.82) is 0 Å². The second-order valence-corrected chi connectivity index (χ2v) is 6.43. The van der Waals surface area contributed by atoms with Crippen molar-refractivity contribution < 1.29 is 15.0 Å². The Morgan fingerprint density at radius 3 is 2.68 bits per heavy atom. The predicted octanol–water partition coefficient (Wildman–Crippen LogP) is 1.79. The van der Waals surface area contributed by atoms with Gasteiger partial charge in [-0.1, -0.05) is 11.6 Å². The van der Waals surface area contributed by atoms with E-state index < -0.39 is 11.5 Å². The first-order valence-electron chi connectivity index (χ1n) is 7.98. The van der Waals surface area contributed by atoms with Crippen LogP contribution in [0.5, 0.6) is 0 Å². The Kier molecular flexibility index (Phi) is 5.06. The van der Waals surface area contributed by atoms with Crippen LogP contribution in [-0.4, -0.2) is 45.7 Å². The summed E-state index contributed by atoms with van der Waals surface area (Å²) >= 11 is 6.28. The number of nitrogens with zero attached hydrogens (tertiary/aromatic N) is 3. The van der Waals surface area contributed by atoms with Crippen LogP contribution in [0.1, 0.15) is 23.2 Å². The van der Waals surface area contributed by atoms with Crippen LogP contribution in [-0.2, 0) is 0 Å². The molecule has 132 valence electrons. The molecule has 0 spiro atoms. The van der Waals surface area contributed by atoms with Crippen molar-refractivity contribution in [2.24, 2.45) is 5.92 Å². The lowest BCUT2D eigenvalue weighted by atomic mass is 9.99. The van der Waals surface area contributed by atoms with Gasteiger partial charge in [-0.15, -0.1) is 0 Å². The van der Waals surface area contributed by atoms with Crippen LogP contribution in [0.2, 0.25) is 5.02 Å². The molecule has 1 aromatic carbocycles. The lowest BCUT2D eigenvalue weighted by molar-refractivity contribution is 0.0697. The van der Waals surface area contributed by atoms with Gasteiger partial charge in [0.15, 0.2) is 0 Å². The zero-order valence-corrected chi connectivity index (χ0v) is 14.2. The lowest BCUT2D eigenvalue weighted by Gasteiger charge is -2.33. The van der Waals surface area contributed by atoms with E-state index in [1.54, 1.807) is 0 Å². The molecular formula is C17H18ClN3O4. The number of benzene rings is 1. The highest BCUT2D eigenvalue weighted by atomic mass is 35.5. The maximum Gasteiger partial charge on any atom is 0.335 e. The first-order valence-corrected chi connectivity index (χ1v) is 8.36. The predicted molar refractivity (Wildman–Crippen MR) is 93.8 cm³/mol. The van der Waals surface area contributed by atoms with E-state index in [1.165, 1.54) is 30.5 Å². The standard InChI is InChI=1S/C17H18ClN3O4/c18-15-14(20-7-1-2-11(9-20)10-22)8-19-21(16(15)23)13-5-3-12(4-6-13)17(24)25/h3-6,8,11,22H,1-2,7,9-10H2,(H,24,25)/t11-/m1/s1. The second kappa shape index (κ2) is 7.25. The summed E-state index contributed by atoms with van der Waals surface area (Å²) in [5, 5.41) is 22.5. The van der Waals surface area contributed by atoms with E-state index in [0.717, 1.165) is 24.1 Å². The SMILES string of the molecule is O=C(O)c1ccc(-n2ncc(N3CCC[C@@H](CO)C3)c(Cl)c2=O)cc1. The van der Waals surface area contributed by atoms with Crippen molar-refractivity contribution in [3.05, 3.63) is 51.4 Å². The van der Waals surface area contributed by atoms with Crippen LogP contribution in [0.25, 0.3) is 5.69 Å². The van der Waals surface area contributed by atoms with Gasteiger partial charge in [0.25, 0.3) is 5.56 Å². The van der Waals surface area contributed by atoms with E-state index in [9.17, 15) is 14.7 Å². The Labute approximate surface area is 149 Å². The third kappa shape index (κ3) is 3.52. The molecule has 1 aromatic heterocycles. The summed E-state index contributed by atoms with van der Waals surface area (Å²) in [5.41, 5.74) is 0.662. The number of aliphatic hydroxyl groups excluding tert-OH is 1. The zero-order valence-electron chi connectivity index (χ0n) is 13.4. The van der Waals surface area contributed by atoms with Crippen molar-refractivity contribution >= 4 is 23.3 Å². The number of piperidine rings is 1. The van der Waals surface area contributed by atoms with Crippen molar-refractivity contribution in [1.82, 2.24) is 9.78 Å². The van der Waals surface area contributed by atoms with Gasteiger partial charge in [-0.05, 0) is 43.0 Å². The minimum atomic E-state index is -1.04. The summed E-state index contributed by atoms with van der Waals surface area (Å²) in [6, 6.07) is 5.83. The minimum absolute atomic E-state index is 0.0656. The van der Waals surface area contributed by atoms with Gasteiger partial charge >= 0.3 is 5.97 Å². The van der Waals surface area contributed by atoms with Gasteiger partial charge in [-0.25, -0.2) is 4.79 Å². The molecule has 1 aliphatic rings. The van der Waals surface area contributed by atoms with Crippen LogP contribution in [0.15, 0.2) is 35.3 Å². The zero-order chi connectivity index (χ0) is 18.0. The van der Waals surface area contributed by atoms with Gasteiger partial charge in [0.1, 0.15) is 5.02 Å². The van der Waals surface area contributed by atoms with E-state index in [2.05, 4.69) is 5.10 Å². The molecule has 1 aliphatic heterocycles. The number of carboxylic acids is 1. The monoisotopic (exact) mass is 363 g/mol. The fraction of sp³-hybridized carbons (Fsp3) is 0.353. The second-order valence-electron chi connectivity index (χ2n) is 6.05. The summed E-state index contributed by atoms with van der Waals surface area (Å²) in [6.45, 7) is 1.50. The number of aromatic carboxylic acids is 1. The van der Waals surface area contributed by atoms with Gasteiger partial charge in [-0.2, -0.15) is 9.78 Å². The van der Waals surface area contributed by atoms with E-state index in [-0.39, 0.29) is 23.1 Å². The van der Waals surface area contributed by atoms with Gasteiger partial charge in [0.05, 0.1) is 23.1 Å². The maximum absolute atomic E-state index is 12.6. The third-order valence-electron chi connectivity index (χ3n) is 4.38. The Morgan fingerprint density at radius 2 is 2.04 bits per heavy atom. The Hall–Kier alpha value is -2.38.